The number of rotatable bonds is 10. The molecule has 4 atom stereocenters. The van der Waals surface area contributed by atoms with Gasteiger partial charge in [-0.2, -0.15) is 16.8 Å². The summed E-state index contributed by atoms with van der Waals surface area (Å²) in [5.74, 6) is -1.61. The van der Waals surface area contributed by atoms with E-state index < -0.39 is 76.6 Å². The molecule has 1 aliphatic heterocycles. The van der Waals surface area contributed by atoms with Gasteiger partial charge in [0.05, 0.1) is 23.0 Å². The van der Waals surface area contributed by atoms with Crippen molar-refractivity contribution in [3.8, 4) is 0 Å². The van der Waals surface area contributed by atoms with E-state index in [4.69, 9.17) is 27.3 Å². The maximum absolute atomic E-state index is 12.7. The van der Waals surface area contributed by atoms with Crippen molar-refractivity contribution in [1.82, 2.24) is 0 Å². The zero-order valence-electron chi connectivity index (χ0n) is 21.8. The molecule has 2 aromatic rings. The summed E-state index contributed by atoms with van der Waals surface area (Å²) in [5.41, 5.74) is 1.69. The summed E-state index contributed by atoms with van der Waals surface area (Å²) in [6.45, 7) is 3.99. The fourth-order valence-corrected chi connectivity index (χ4v) is 5.48. The Hall–Kier alpha value is -2.88. The fourth-order valence-electron chi connectivity index (χ4n) is 3.64. The van der Waals surface area contributed by atoms with Gasteiger partial charge in [0.15, 0.2) is 12.2 Å². The van der Waals surface area contributed by atoms with Crippen molar-refractivity contribution in [1.29, 1.82) is 0 Å². The monoisotopic (exact) mass is 586 g/mol. The maximum Gasteiger partial charge on any atom is 0.303 e. The van der Waals surface area contributed by atoms with E-state index in [1.807, 2.05) is 0 Å². The van der Waals surface area contributed by atoms with Crippen LogP contribution in [0.5, 0.6) is 0 Å². The van der Waals surface area contributed by atoms with E-state index in [1.165, 1.54) is 24.3 Å². The van der Waals surface area contributed by atoms with Crippen LogP contribution in [0.25, 0.3) is 0 Å². The molecule has 1 fully saturated rings. The summed E-state index contributed by atoms with van der Waals surface area (Å²) < 4.78 is 82.9. The van der Waals surface area contributed by atoms with E-state index in [-0.39, 0.29) is 9.79 Å². The molecule has 14 heteroatoms. The summed E-state index contributed by atoms with van der Waals surface area (Å²) in [5, 5.41) is 0. The standard InChI is InChI=1S/C25H30O12S2/c1-16-5-9-20(10-6-16)38(28,29)34-13-22-24(36-18(3)26)25(37-19(4)27)23(33-15-32-22)14-35-39(30,31)21-11-7-17(2)8-12-21/h5-12,22-25H,13-15H2,1-4H3/t22-,23+,24-,25-/m1/s1. The Morgan fingerprint density at radius 1 is 0.692 bits per heavy atom. The van der Waals surface area contributed by atoms with Crippen LogP contribution >= 0.6 is 0 Å². The molecule has 0 bridgehead atoms. The van der Waals surface area contributed by atoms with Crippen LogP contribution in [0.2, 0.25) is 0 Å². The number of carbonyl (C=O) groups is 2. The van der Waals surface area contributed by atoms with Gasteiger partial charge in [0.25, 0.3) is 20.2 Å². The molecule has 0 aromatic heterocycles. The molecule has 0 radical (unpaired) electrons. The molecule has 0 unspecified atom stereocenters. The second-order valence-electron chi connectivity index (χ2n) is 8.78. The minimum Gasteiger partial charge on any atom is -0.456 e. The van der Waals surface area contributed by atoms with Gasteiger partial charge in [0, 0.05) is 13.8 Å². The molecule has 214 valence electrons. The minimum absolute atomic E-state index is 0.105. The van der Waals surface area contributed by atoms with Crippen molar-refractivity contribution in [2.24, 2.45) is 0 Å². The van der Waals surface area contributed by atoms with Crippen LogP contribution in [0.15, 0.2) is 58.3 Å². The van der Waals surface area contributed by atoms with E-state index in [0.29, 0.717) is 0 Å². The van der Waals surface area contributed by atoms with E-state index >= 15 is 0 Å². The van der Waals surface area contributed by atoms with E-state index in [0.717, 1.165) is 25.0 Å². The second-order valence-corrected chi connectivity index (χ2v) is 12.0. The zero-order chi connectivity index (χ0) is 28.8. The van der Waals surface area contributed by atoms with Crippen LogP contribution in [-0.4, -0.2) is 73.2 Å². The van der Waals surface area contributed by atoms with Crippen LogP contribution < -0.4 is 0 Å². The number of aryl methyl sites for hydroxylation is 2. The van der Waals surface area contributed by atoms with Gasteiger partial charge in [-0.3, -0.25) is 18.0 Å². The molecule has 1 saturated heterocycles. The molecule has 0 saturated carbocycles. The van der Waals surface area contributed by atoms with Crippen molar-refractivity contribution in [3.63, 3.8) is 0 Å². The van der Waals surface area contributed by atoms with Gasteiger partial charge in [-0.05, 0) is 38.1 Å². The lowest BCUT2D eigenvalue weighted by atomic mass is 10.0. The second kappa shape index (κ2) is 13.0. The van der Waals surface area contributed by atoms with Gasteiger partial charge < -0.3 is 18.9 Å². The first-order chi connectivity index (χ1) is 18.3. The molecule has 0 spiro atoms. The topological polar surface area (TPSA) is 158 Å². The zero-order valence-corrected chi connectivity index (χ0v) is 23.4. The molecule has 0 N–H and O–H groups in total. The molecule has 1 heterocycles. The first-order valence-corrected chi connectivity index (χ1v) is 14.6. The summed E-state index contributed by atoms with van der Waals surface area (Å²) >= 11 is 0. The van der Waals surface area contributed by atoms with Crippen LogP contribution in [0.4, 0.5) is 0 Å². The average Bonchev–Trinajstić information content (AvgIpc) is 3.00. The van der Waals surface area contributed by atoms with E-state index in [2.05, 4.69) is 0 Å². The van der Waals surface area contributed by atoms with Gasteiger partial charge in [-0.25, -0.2) is 0 Å². The SMILES string of the molecule is CC(=O)O[C@H]1[C@H](OC(C)=O)[C@@H](COS(=O)(=O)c2ccc(C)cc2)OCO[C@H]1COS(=O)(=O)c1ccc(C)cc1. The van der Waals surface area contributed by atoms with E-state index in [9.17, 15) is 26.4 Å². The van der Waals surface area contributed by atoms with Crippen LogP contribution in [0, 0.1) is 13.8 Å². The van der Waals surface area contributed by atoms with Crippen molar-refractivity contribution < 1.29 is 53.7 Å². The predicted octanol–water partition coefficient (Wildman–Crippen LogP) is 2.02. The Kier molecular flexibility index (Phi) is 10.2. The number of hydrogen-bond donors (Lipinski definition) is 0. The number of benzene rings is 2. The average molecular weight is 587 g/mol. The van der Waals surface area contributed by atoms with Crippen LogP contribution in [0.3, 0.4) is 0 Å². The molecule has 2 aromatic carbocycles. The molecule has 1 aliphatic rings. The number of esters is 2. The quantitative estimate of drug-likeness (QED) is 0.295. The Balaban J connectivity index is 1.83. The van der Waals surface area contributed by atoms with Gasteiger partial charge in [-0.1, -0.05) is 35.4 Å². The third-order valence-electron chi connectivity index (χ3n) is 5.62. The fraction of sp³-hybridized carbons (Fsp3) is 0.440. The summed E-state index contributed by atoms with van der Waals surface area (Å²) in [6.07, 6.45) is -5.43. The Morgan fingerprint density at radius 2 is 1.03 bits per heavy atom. The van der Waals surface area contributed by atoms with Crippen molar-refractivity contribution in [3.05, 3.63) is 59.7 Å². The lowest BCUT2D eigenvalue weighted by Gasteiger charge is -2.31. The maximum atomic E-state index is 12.7. The predicted molar refractivity (Wildman–Crippen MR) is 134 cm³/mol. The normalized spacial score (nSPS) is 22.1. The minimum atomic E-state index is -4.23. The molecular weight excluding hydrogens is 556 g/mol. The summed E-state index contributed by atoms with van der Waals surface area (Å²) in [4.78, 5) is 23.7. The van der Waals surface area contributed by atoms with Crippen molar-refractivity contribution in [2.75, 3.05) is 20.0 Å². The van der Waals surface area contributed by atoms with Crippen LogP contribution in [-0.2, 0) is 57.1 Å². The van der Waals surface area contributed by atoms with Gasteiger partial charge in [0.1, 0.15) is 19.0 Å². The Bertz CT molecular complexity index is 1250. The highest BCUT2D eigenvalue weighted by atomic mass is 32.2. The molecule has 0 amide bonds. The van der Waals surface area contributed by atoms with E-state index in [1.54, 1.807) is 38.1 Å². The third kappa shape index (κ3) is 8.55. The van der Waals surface area contributed by atoms with Crippen molar-refractivity contribution >= 4 is 32.2 Å². The first-order valence-electron chi connectivity index (χ1n) is 11.8. The molecule has 39 heavy (non-hydrogen) atoms. The molecular formula is C25H30O12S2. The first kappa shape index (κ1) is 30.7. The molecule has 3 rings (SSSR count). The summed E-state index contributed by atoms with van der Waals surface area (Å²) in [6, 6.07) is 11.9. The third-order valence-corrected chi connectivity index (χ3v) is 8.21. The lowest BCUT2D eigenvalue weighted by Crippen LogP contribution is -2.51. The highest BCUT2D eigenvalue weighted by Crippen LogP contribution is 2.25. The lowest BCUT2D eigenvalue weighted by molar-refractivity contribution is -0.180. The van der Waals surface area contributed by atoms with Crippen LogP contribution in [0.1, 0.15) is 25.0 Å². The highest BCUT2D eigenvalue weighted by molar-refractivity contribution is 7.87. The number of ether oxygens (including phenoxy) is 4. The Labute approximate surface area is 227 Å². The highest BCUT2D eigenvalue weighted by Gasteiger charge is 2.45. The smallest absolute Gasteiger partial charge is 0.303 e. The van der Waals surface area contributed by atoms with Crippen molar-refractivity contribution in [2.45, 2.75) is 61.9 Å². The molecule has 0 aliphatic carbocycles. The Morgan fingerprint density at radius 3 is 1.33 bits per heavy atom. The largest absolute Gasteiger partial charge is 0.456 e. The van der Waals surface area contributed by atoms with Gasteiger partial charge >= 0.3 is 11.9 Å². The van der Waals surface area contributed by atoms with Gasteiger partial charge in [0.2, 0.25) is 0 Å². The summed E-state index contributed by atoms with van der Waals surface area (Å²) in [7, 11) is -8.46. The van der Waals surface area contributed by atoms with Gasteiger partial charge in [-0.15, -0.1) is 0 Å². The number of carbonyl (C=O) groups excluding carboxylic acids is 2. The number of hydrogen-bond acceptors (Lipinski definition) is 12. The molecule has 12 nitrogen and oxygen atoms in total.